The molecule has 0 radical (unpaired) electrons. The molecule has 5 heteroatoms. The fraction of sp³-hybridized carbons (Fsp3) is 1.00. The van der Waals surface area contributed by atoms with Crippen molar-refractivity contribution in [2.45, 2.75) is 32.5 Å². The summed E-state index contributed by atoms with van der Waals surface area (Å²) >= 11 is 0. The fourth-order valence-electron chi connectivity index (χ4n) is 0.503. The van der Waals surface area contributed by atoms with E-state index in [1.165, 1.54) is 0 Å². The van der Waals surface area contributed by atoms with Crippen molar-refractivity contribution in [3.63, 3.8) is 0 Å². The second-order valence-corrected chi connectivity index (χ2v) is 2.73. The van der Waals surface area contributed by atoms with Crippen LogP contribution in [-0.2, 0) is 0 Å². The zero-order chi connectivity index (χ0) is 8.36. The molecule has 0 fully saturated rings. The smallest absolute Gasteiger partial charge is 0.327 e. The molecule has 0 bridgehead atoms. The minimum absolute atomic E-state index is 0. The summed E-state index contributed by atoms with van der Waals surface area (Å²) in [5.74, 6) is -0.110. The summed E-state index contributed by atoms with van der Waals surface area (Å²) in [5.41, 5.74) is 5.18. The predicted octanol–water partition coefficient (Wildman–Crippen LogP) is 2.34. The Hall–Kier alpha value is 0.0400. The molecule has 0 heterocycles. The quantitative estimate of drug-likeness (QED) is 0.713. The number of hydrogen-bond donors (Lipinski definition) is 1. The van der Waals surface area contributed by atoms with Crippen LogP contribution in [0, 0.1) is 5.92 Å². The molecule has 0 aromatic heterocycles. The first-order valence-corrected chi connectivity index (χ1v) is 3.15. The van der Waals surface area contributed by atoms with Gasteiger partial charge in [-0.25, -0.2) is 0 Å². The van der Waals surface area contributed by atoms with Crippen molar-refractivity contribution in [1.29, 1.82) is 0 Å². The van der Waals surface area contributed by atoms with Crippen LogP contribution in [0.5, 0.6) is 0 Å². The lowest BCUT2D eigenvalue weighted by atomic mass is 10.0. The second-order valence-electron chi connectivity index (χ2n) is 2.73. The minimum atomic E-state index is -4.12. The highest BCUT2D eigenvalue weighted by molar-refractivity contribution is 5.85. The highest BCUT2D eigenvalue weighted by atomic mass is 35.5. The summed E-state index contributed by atoms with van der Waals surface area (Å²) in [5, 5.41) is 0. The number of hydrogen-bond acceptors (Lipinski definition) is 1. The van der Waals surface area contributed by atoms with Gasteiger partial charge in [-0.15, -0.1) is 12.4 Å². The highest BCUT2D eigenvalue weighted by Gasteiger charge is 2.31. The average Bonchev–Trinajstić information content (AvgIpc) is 1.60. The minimum Gasteiger partial charge on any atom is -0.327 e. The van der Waals surface area contributed by atoms with Gasteiger partial charge in [0.05, 0.1) is 6.42 Å². The normalized spacial score (nSPS) is 14.5. The van der Waals surface area contributed by atoms with Crippen molar-refractivity contribution in [3.8, 4) is 0 Å². The molecule has 0 aliphatic carbocycles. The molecule has 2 N–H and O–H groups in total. The van der Waals surface area contributed by atoms with Crippen LogP contribution < -0.4 is 5.73 Å². The number of halogens is 4. The number of nitrogens with two attached hydrogens (primary N) is 1. The van der Waals surface area contributed by atoms with E-state index < -0.39 is 18.6 Å². The van der Waals surface area contributed by atoms with Crippen molar-refractivity contribution in [2.75, 3.05) is 0 Å². The molecule has 0 saturated heterocycles. The monoisotopic (exact) mass is 191 g/mol. The van der Waals surface area contributed by atoms with Gasteiger partial charge in [-0.1, -0.05) is 13.8 Å². The molecule has 0 saturated carbocycles. The SMILES string of the molecule is CC(C)C(N)CC(F)(F)F.Cl. The molecular weight excluding hydrogens is 179 g/mol. The maximum Gasteiger partial charge on any atom is 0.390 e. The Bertz CT molecular complexity index is 102. The summed E-state index contributed by atoms with van der Waals surface area (Å²) in [6, 6.07) is -0.764. The van der Waals surface area contributed by atoms with Crippen LogP contribution in [-0.4, -0.2) is 12.2 Å². The summed E-state index contributed by atoms with van der Waals surface area (Å²) < 4.78 is 34.8. The van der Waals surface area contributed by atoms with Gasteiger partial charge < -0.3 is 5.73 Å². The van der Waals surface area contributed by atoms with Crippen molar-refractivity contribution in [2.24, 2.45) is 11.7 Å². The van der Waals surface area contributed by atoms with E-state index in [1.54, 1.807) is 13.8 Å². The number of rotatable bonds is 2. The zero-order valence-corrected chi connectivity index (χ0v) is 7.30. The first-order valence-electron chi connectivity index (χ1n) is 3.15. The van der Waals surface area contributed by atoms with Crippen LogP contribution in [0.2, 0.25) is 0 Å². The maximum atomic E-state index is 11.6. The summed E-state index contributed by atoms with van der Waals surface area (Å²) in [6.07, 6.45) is -5.01. The average molecular weight is 192 g/mol. The third kappa shape index (κ3) is 7.94. The van der Waals surface area contributed by atoms with Crippen molar-refractivity contribution in [1.82, 2.24) is 0 Å². The molecule has 70 valence electrons. The lowest BCUT2D eigenvalue weighted by Gasteiger charge is -2.16. The van der Waals surface area contributed by atoms with Crippen LogP contribution in [0.15, 0.2) is 0 Å². The standard InChI is InChI=1S/C6H12F3N.ClH/c1-4(2)5(10)3-6(7,8)9;/h4-5H,3,10H2,1-2H3;1H. The van der Waals surface area contributed by atoms with Gasteiger partial charge in [0.1, 0.15) is 0 Å². The van der Waals surface area contributed by atoms with E-state index in [9.17, 15) is 13.2 Å². The van der Waals surface area contributed by atoms with Gasteiger partial charge in [0, 0.05) is 6.04 Å². The van der Waals surface area contributed by atoms with Gasteiger partial charge in [0.2, 0.25) is 0 Å². The molecule has 1 atom stereocenters. The molecule has 0 aromatic rings. The van der Waals surface area contributed by atoms with Gasteiger partial charge in [-0.3, -0.25) is 0 Å². The van der Waals surface area contributed by atoms with Crippen LogP contribution >= 0.6 is 12.4 Å². The van der Waals surface area contributed by atoms with Crippen molar-refractivity contribution >= 4 is 12.4 Å². The molecule has 0 aliphatic heterocycles. The topological polar surface area (TPSA) is 26.0 Å². The van der Waals surface area contributed by atoms with E-state index >= 15 is 0 Å². The summed E-state index contributed by atoms with van der Waals surface area (Å²) in [7, 11) is 0. The highest BCUT2D eigenvalue weighted by Crippen LogP contribution is 2.23. The Morgan fingerprint density at radius 1 is 1.27 bits per heavy atom. The number of alkyl halides is 3. The van der Waals surface area contributed by atoms with Crippen molar-refractivity contribution < 1.29 is 13.2 Å². The van der Waals surface area contributed by atoms with E-state index in [1.807, 2.05) is 0 Å². The van der Waals surface area contributed by atoms with Gasteiger partial charge in [0.15, 0.2) is 0 Å². The zero-order valence-electron chi connectivity index (χ0n) is 6.48. The molecular formula is C6H13ClF3N. The summed E-state index contributed by atoms with van der Waals surface area (Å²) in [6.45, 7) is 3.35. The lowest BCUT2D eigenvalue weighted by molar-refractivity contribution is -0.140. The molecule has 0 aliphatic rings. The van der Waals surface area contributed by atoms with Crippen molar-refractivity contribution in [3.05, 3.63) is 0 Å². The van der Waals surface area contributed by atoms with E-state index in [2.05, 4.69) is 0 Å². The fourth-order valence-corrected chi connectivity index (χ4v) is 0.503. The van der Waals surface area contributed by atoms with Crippen LogP contribution in [0.3, 0.4) is 0 Å². The van der Waals surface area contributed by atoms with Crippen LogP contribution in [0.4, 0.5) is 13.2 Å². The maximum absolute atomic E-state index is 11.6. The Morgan fingerprint density at radius 2 is 1.64 bits per heavy atom. The first-order chi connectivity index (χ1) is 4.33. The van der Waals surface area contributed by atoms with Gasteiger partial charge >= 0.3 is 6.18 Å². The molecule has 0 aromatic carbocycles. The van der Waals surface area contributed by atoms with Crippen LogP contribution in [0.25, 0.3) is 0 Å². The van der Waals surface area contributed by atoms with Gasteiger partial charge in [-0.2, -0.15) is 13.2 Å². The third-order valence-electron chi connectivity index (χ3n) is 1.32. The second kappa shape index (κ2) is 4.83. The molecule has 0 rings (SSSR count). The Balaban J connectivity index is 0. The van der Waals surface area contributed by atoms with E-state index in [4.69, 9.17) is 5.73 Å². The Kier molecular flexibility index (Phi) is 5.97. The molecule has 0 amide bonds. The Labute approximate surface area is 70.6 Å². The predicted molar refractivity (Wildman–Crippen MR) is 40.7 cm³/mol. The van der Waals surface area contributed by atoms with Gasteiger partial charge in [0.25, 0.3) is 0 Å². The first kappa shape index (κ1) is 13.6. The Morgan fingerprint density at radius 3 is 1.73 bits per heavy atom. The third-order valence-corrected chi connectivity index (χ3v) is 1.32. The summed E-state index contributed by atoms with van der Waals surface area (Å²) in [4.78, 5) is 0. The molecule has 11 heavy (non-hydrogen) atoms. The van der Waals surface area contributed by atoms with E-state index in [-0.39, 0.29) is 18.3 Å². The largest absolute Gasteiger partial charge is 0.390 e. The van der Waals surface area contributed by atoms with E-state index in [0.717, 1.165) is 0 Å². The van der Waals surface area contributed by atoms with Gasteiger partial charge in [-0.05, 0) is 5.92 Å². The van der Waals surface area contributed by atoms with Crippen LogP contribution in [0.1, 0.15) is 20.3 Å². The van der Waals surface area contributed by atoms with E-state index in [0.29, 0.717) is 0 Å². The lowest BCUT2D eigenvalue weighted by Crippen LogP contribution is -2.32. The molecule has 1 nitrogen and oxygen atoms in total. The molecule has 1 unspecified atom stereocenters. The molecule has 0 spiro atoms.